The van der Waals surface area contributed by atoms with E-state index in [0.29, 0.717) is 5.70 Å². The molecule has 0 bridgehead atoms. The fraction of sp³-hybridized carbons (Fsp3) is 0.444. The SMILES string of the molecule is CC(=O)N/C(=C/c1ccccc1C)C(=O)NC1CCCCC1. The molecule has 0 saturated heterocycles. The first-order valence-corrected chi connectivity index (χ1v) is 7.92. The number of hydrogen-bond acceptors (Lipinski definition) is 2. The number of carbonyl (C=O) groups is 2. The molecule has 22 heavy (non-hydrogen) atoms. The number of hydrogen-bond donors (Lipinski definition) is 2. The maximum Gasteiger partial charge on any atom is 0.268 e. The Morgan fingerprint density at radius 1 is 1.14 bits per heavy atom. The summed E-state index contributed by atoms with van der Waals surface area (Å²) in [6, 6.07) is 8.01. The van der Waals surface area contributed by atoms with Crippen LogP contribution in [0.1, 0.15) is 50.2 Å². The van der Waals surface area contributed by atoms with E-state index in [4.69, 9.17) is 0 Å². The topological polar surface area (TPSA) is 58.2 Å². The number of carbonyl (C=O) groups excluding carboxylic acids is 2. The van der Waals surface area contributed by atoms with Crippen LogP contribution in [0, 0.1) is 6.92 Å². The Labute approximate surface area is 132 Å². The molecule has 0 aromatic heterocycles. The van der Waals surface area contributed by atoms with E-state index >= 15 is 0 Å². The van der Waals surface area contributed by atoms with Gasteiger partial charge in [0.2, 0.25) is 5.91 Å². The van der Waals surface area contributed by atoms with Gasteiger partial charge in [-0.3, -0.25) is 9.59 Å². The van der Waals surface area contributed by atoms with E-state index in [9.17, 15) is 9.59 Å². The van der Waals surface area contributed by atoms with Gasteiger partial charge in [-0.05, 0) is 37.0 Å². The predicted molar refractivity (Wildman–Crippen MR) is 88.0 cm³/mol. The van der Waals surface area contributed by atoms with Crippen molar-refractivity contribution in [1.29, 1.82) is 0 Å². The van der Waals surface area contributed by atoms with Gasteiger partial charge in [-0.1, -0.05) is 43.5 Å². The van der Waals surface area contributed by atoms with Crippen LogP contribution in [0.15, 0.2) is 30.0 Å². The van der Waals surface area contributed by atoms with Crippen LogP contribution in [0.3, 0.4) is 0 Å². The lowest BCUT2D eigenvalue weighted by Gasteiger charge is -2.23. The van der Waals surface area contributed by atoms with E-state index in [1.165, 1.54) is 13.3 Å². The molecule has 1 aromatic rings. The molecule has 0 unspecified atom stereocenters. The number of rotatable bonds is 4. The molecule has 0 spiro atoms. The predicted octanol–water partition coefficient (Wildman–Crippen LogP) is 2.92. The molecule has 0 atom stereocenters. The molecule has 1 fully saturated rings. The van der Waals surface area contributed by atoms with E-state index in [2.05, 4.69) is 10.6 Å². The second-order valence-corrected chi connectivity index (χ2v) is 5.90. The van der Waals surface area contributed by atoms with Gasteiger partial charge in [0.15, 0.2) is 0 Å². The highest BCUT2D eigenvalue weighted by Gasteiger charge is 2.18. The summed E-state index contributed by atoms with van der Waals surface area (Å²) in [6.07, 6.45) is 7.33. The van der Waals surface area contributed by atoms with E-state index in [0.717, 1.165) is 36.8 Å². The molecule has 4 heteroatoms. The van der Waals surface area contributed by atoms with Gasteiger partial charge in [-0.25, -0.2) is 0 Å². The summed E-state index contributed by atoms with van der Waals surface area (Å²) in [4.78, 5) is 23.9. The van der Waals surface area contributed by atoms with Crippen molar-refractivity contribution in [3.63, 3.8) is 0 Å². The molecule has 0 aliphatic heterocycles. The van der Waals surface area contributed by atoms with Gasteiger partial charge < -0.3 is 10.6 Å². The largest absolute Gasteiger partial charge is 0.348 e. The first kappa shape index (κ1) is 16.3. The Morgan fingerprint density at radius 2 is 1.82 bits per heavy atom. The minimum absolute atomic E-state index is 0.203. The second kappa shape index (κ2) is 7.78. The van der Waals surface area contributed by atoms with E-state index in [1.807, 2.05) is 31.2 Å². The zero-order chi connectivity index (χ0) is 15.9. The zero-order valence-corrected chi connectivity index (χ0v) is 13.3. The molecule has 4 nitrogen and oxygen atoms in total. The lowest BCUT2D eigenvalue weighted by molar-refractivity contribution is -0.122. The first-order valence-electron chi connectivity index (χ1n) is 7.92. The molecular weight excluding hydrogens is 276 g/mol. The molecule has 118 valence electrons. The Bertz CT molecular complexity index is 572. The summed E-state index contributed by atoms with van der Waals surface area (Å²) in [5.74, 6) is -0.441. The van der Waals surface area contributed by atoms with Crippen LogP contribution < -0.4 is 10.6 Å². The lowest BCUT2D eigenvalue weighted by atomic mass is 9.95. The van der Waals surface area contributed by atoms with Crippen LogP contribution in [0.4, 0.5) is 0 Å². The van der Waals surface area contributed by atoms with Gasteiger partial charge in [-0.2, -0.15) is 0 Å². The third-order valence-corrected chi connectivity index (χ3v) is 3.98. The quantitative estimate of drug-likeness (QED) is 0.840. The summed E-state index contributed by atoms with van der Waals surface area (Å²) in [6.45, 7) is 3.40. The summed E-state index contributed by atoms with van der Waals surface area (Å²) in [5, 5.41) is 5.70. The van der Waals surface area contributed by atoms with Crippen LogP contribution in [0.2, 0.25) is 0 Å². The zero-order valence-electron chi connectivity index (χ0n) is 13.3. The lowest BCUT2D eigenvalue weighted by Crippen LogP contribution is -2.40. The second-order valence-electron chi connectivity index (χ2n) is 5.90. The van der Waals surface area contributed by atoms with Crippen molar-refractivity contribution < 1.29 is 9.59 Å². The van der Waals surface area contributed by atoms with Crippen molar-refractivity contribution in [3.05, 3.63) is 41.1 Å². The van der Waals surface area contributed by atoms with E-state index in [-0.39, 0.29) is 17.9 Å². The van der Waals surface area contributed by atoms with Gasteiger partial charge in [0.25, 0.3) is 5.91 Å². The summed E-state index contributed by atoms with van der Waals surface area (Å²) >= 11 is 0. The standard InChI is InChI=1S/C18H24N2O2/c1-13-8-6-7-9-15(13)12-17(19-14(2)21)18(22)20-16-10-4-3-5-11-16/h6-9,12,16H,3-5,10-11H2,1-2H3,(H,19,21)(H,20,22)/b17-12+. The summed E-state index contributed by atoms with van der Waals surface area (Å²) in [5.41, 5.74) is 2.31. The van der Waals surface area contributed by atoms with Crippen LogP contribution in [0.5, 0.6) is 0 Å². The van der Waals surface area contributed by atoms with Gasteiger partial charge in [0.1, 0.15) is 5.70 Å². The number of amides is 2. The minimum Gasteiger partial charge on any atom is -0.348 e. The molecule has 2 amide bonds. The van der Waals surface area contributed by atoms with Crippen molar-refractivity contribution in [1.82, 2.24) is 10.6 Å². The first-order chi connectivity index (χ1) is 10.6. The van der Waals surface area contributed by atoms with Gasteiger partial charge >= 0.3 is 0 Å². The minimum atomic E-state index is -0.237. The summed E-state index contributed by atoms with van der Waals surface area (Å²) < 4.78 is 0. The monoisotopic (exact) mass is 300 g/mol. The van der Waals surface area contributed by atoms with Crippen LogP contribution in [0.25, 0.3) is 6.08 Å². The highest BCUT2D eigenvalue weighted by molar-refractivity contribution is 6.01. The average Bonchev–Trinajstić information content (AvgIpc) is 2.49. The third kappa shape index (κ3) is 4.72. The number of aryl methyl sites for hydroxylation is 1. The van der Waals surface area contributed by atoms with Crippen LogP contribution >= 0.6 is 0 Å². The smallest absolute Gasteiger partial charge is 0.268 e. The normalized spacial score (nSPS) is 16.2. The van der Waals surface area contributed by atoms with Crippen molar-refractivity contribution in [3.8, 4) is 0 Å². The van der Waals surface area contributed by atoms with Crippen molar-refractivity contribution in [2.45, 2.75) is 52.0 Å². The van der Waals surface area contributed by atoms with Crippen LogP contribution in [-0.4, -0.2) is 17.9 Å². The molecule has 0 radical (unpaired) electrons. The fourth-order valence-electron chi connectivity index (χ4n) is 2.76. The van der Waals surface area contributed by atoms with Crippen molar-refractivity contribution in [2.75, 3.05) is 0 Å². The highest BCUT2D eigenvalue weighted by Crippen LogP contribution is 2.18. The molecule has 2 rings (SSSR count). The van der Waals surface area contributed by atoms with Crippen molar-refractivity contribution in [2.24, 2.45) is 0 Å². The molecule has 1 saturated carbocycles. The molecule has 0 heterocycles. The highest BCUT2D eigenvalue weighted by atomic mass is 16.2. The molecule has 1 aliphatic rings. The maximum atomic E-state index is 12.5. The Hall–Kier alpha value is -2.10. The molecule has 1 aromatic carbocycles. The number of nitrogens with one attached hydrogen (secondary N) is 2. The van der Waals surface area contributed by atoms with Crippen LogP contribution in [-0.2, 0) is 9.59 Å². The Kier molecular flexibility index (Phi) is 5.75. The fourth-order valence-corrected chi connectivity index (χ4v) is 2.76. The molecule has 1 aliphatic carbocycles. The van der Waals surface area contributed by atoms with Gasteiger partial charge in [0.05, 0.1) is 0 Å². The maximum absolute atomic E-state index is 12.5. The van der Waals surface area contributed by atoms with Gasteiger partial charge in [0, 0.05) is 13.0 Å². The van der Waals surface area contributed by atoms with E-state index < -0.39 is 0 Å². The Balaban J connectivity index is 2.16. The number of benzene rings is 1. The molecular formula is C18H24N2O2. The Morgan fingerprint density at radius 3 is 2.45 bits per heavy atom. The van der Waals surface area contributed by atoms with Crippen molar-refractivity contribution >= 4 is 17.9 Å². The third-order valence-electron chi connectivity index (χ3n) is 3.98. The van der Waals surface area contributed by atoms with E-state index in [1.54, 1.807) is 6.08 Å². The van der Waals surface area contributed by atoms with Gasteiger partial charge in [-0.15, -0.1) is 0 Å². The molecule has 2 N–H and O–H groups in total. The average molecular weight is 300 g/mol. The summed E-state index contributed by atoms with van der Waals surface area (Å²) in [7, 11) is 0.